The molecule has 0 bridgehead atoms. The molecule has 0 saturated heterocycles. The van der Waals surface area contributed by atoms with Crippen molar-refractivity contribution >= 4 is 0 Å². The molecule has 0 aromatic heterocycles. The summed E-state index contributed by atoms with van der Waals surface area (Å²) in [5.74, 6) is 0.567. The van der Waals surface area contributed by atoms with E-state index >= 15 is 0 Å². The maximum Gasteiger partial charge on any atom is 0.165 e. The van der Waals surface area contributed by atoms with Crippen molar-refractivity contribution in [3.05, 3.63) is 29.6 Å². The molecule has 0 aliphatic heterocycles. The molecule has 1 aromatic carbocycles. The smallest absolute Gasteiger partial charge is 0.165 e. The highest BCUT2D eigenvalue weighted by molar-refractivity contribution is 5.29. The van der Waals surface area contributed by atoms with Crippen molar-refractivity contribution in [3.8, 4) is 5.75 Å². The first-order valence-electron chi connectivity index (χ1n) is 7.29. The van der Waals surface area contributed by atoms with E-state index < -0.39 is 0 Å². The van der Waals surface area contributed by atoms with Gasteiger partial charge >= 0.3 is 0 Å². The number of halogens is 1. The van der Waals surface area contributed by atoms with Gasteiger partial charge < -0.3 is 10.1 Å². The van der Waals surface area contributed by atoms with Gasteiger partial charge in [-0.15, -0.1) is 0 Å². The van der Waals surface area contributed by atoms with Crippen molar-refractivity contribution in [2.75, 3.05) is 13.2 Å². The zero-order valence-corrected chi connectivity index (χ0v) is 12.3. The van der Waals surface area contributed by atoms with E-state index in [4.69, 9.17) is 4.74 Å². The molecule has 0 aliphatic rings. The summed E-state index contributed by atoms with van der Waals surface area (Å²) >= 11 is 0. The highest BCUT2D eigenvalue weighted by atomic mass is 19.1. The molecule has 2 nitrogen and oxygen atoms in total. The minimum absolute atomic E-state index is 0.264. The van der Waals surface area contributed by atoms with Gasteiger partial charge in [0.05, 0.1) is 6.61 Å². The largest absolute Gasteiger partial charge is 0.490 e. The van der Waals surface area contributed by atoms with Crippen molar-refractivity contribution in [2.45, 2.75) is 46.6 Å². The summed E-state index contributed by atoms with van der Waals surface area (Å²) in [7, 11) is 0. The van der Waals surface area contributed by atoms with Crippen LogP contribution in [0.1, 0.15) is 45.6 Å². The van der Waals surface area contributed by atoms with Gasteiger partial charge in [-0.2, -0.15) is 0 Å². The van der Waals surface area contributed by atoms with E-state index in [0.717, 1.165) is 31.4 Å². The second kappa shape index (κ2) is 8.92. The van der Waals surface area contributed by atoms with E-state index in [0.29, 0.717) is 24.8 Å². The molecule has 1 rings (SSSR count). The van der Waals surface area contributed by atoms with Crippen LogP contribution in [0.5, 0.6) is 5.75 Å². The first-order chi connectivity index (χ1) is 9.17. The molecule has 1 atom stereocenters. The molecule has 0 radical (unpaired) electrons. The molecule has 0 saturated carbocycles. The molecule has 0 aliphatic carbocycles. The maximum atomic E-state index is 13.8. The summed E-state index contributed by atoms with van der Waals surface area (Å²) in [5, 5.41) is 3.26. The summed E-state index contributed by atoms with van der Waals surface area (Å²) < 4.78 is 19.4. The summed E-state index contributed by atoms with van der Waals surface area (Å²) in [6, 6.07) is 5.21. The monoisotopic (exact) mass is 267 g/mol. The zero-order valence-electron chi connectivity index (χ0n) is 12.3. The quantitative estimate of drug-likeness (QED) is 0.679. The summed E-state index contributed by atoms with van der Waals surface area (Å²) in [6.07, 6.45) is 3.33. The van der Waals surface area contributed by atoms with Crippen LogP contribution in [-0.4, -0.2) is 13.2 Å². The van der Waals surface area contributed by atoms with Gasteiger partial charge in [-0.3, -0.25) is 0 Å². The predicted octanol–water partition coefficient (Wildman–Crippen LogP) is 4.14. The summed E-state index contributed by atoms with van der Waals surface area (Å²) in [4.78, 5) is 0. The Kier molecular flexibility index (Phi) is 7.49. The van der Waals surface area contributed by atoms with E-state index in [1.807, 2.05) is 6.07 Å². The Balaban J connectivity index is 2.47. The average molecular weight is 267 g/mol. The van der Waals surface area contributed by atoms with Gasteiger partial charge in [-0.1, -0.05) is 33.3 Å². The van der Waals surface area contributed by atoms with Crippen molar-refractivity contribution in [3.63, 3.8) is 0 Å². The van der Waals surface area contributed by atoms with Gasteiger partial charge in [0.15, 0.2) is 11.6 Å². The number of hydrogen-bond acceptors (Lipinski definition) is 2. The Hall–Kier alpha value is -1.09. The molecule has 1 N–H and O–H groups in total. The van der Waals surface area contributed by atoms with Crippen LogP contribution in [0.15, 0.2) is 18.2 Å². The van der Waals surface area contributed by atoms with Gasteiger partial charge in [-0.25, -0.2) is 4.39 Å². The van der Waals surface area contributed by atoms with Gasteiger partial charge in [0.2, 0.25) is 0 Å². The summed E-state index contributed by atoms with van der Waals surface area (Å²) in [5.41, 5.74) is 0.958. The van der Waals surface area contributed by atoms with Gasteiger partial charge in [-0.05, 0) is 43.0 Å². The SMILES string of the molecule is CCCNCc1ccc(OCC(C)CCC)c(F)c1. The van der Waals surface area contributed by atoms with Crippen LogP contribution in [0.3, 0.4) is 0 Å². The Morgan fingerprint density at radius 2 is 2.05 bits per heavy atom. The van der Waals surface area contributed by atoms with Crippen LogP contribution in [0, 0.1) is 11.7 Å². The van der Waals surface area contributed by atoms with Gasteiger partial charge in [0, 0.05) is 6.54 Å². The first kappa shape index (κ1) is 16.0. The minimum atomic E-state index is -0.264. The molecule has 0 amide bonds. The van der Waals surface area contributed by atoms with Crippen LogP contribution in [0.2, 0.25) is 0 Å². The van der Waals surface area contributed by atoms with Crippen LogP contribution in [0.4, 0.5) is 4.39 Å². The van der Waals surface area contributed by atoms with E-state index in [1.165, 1.54) is 0 Å². The van der Waals surface area contributed by atoms with Crippen molar-refractivity contribution in [1.82, 2.24) is 5.32 Å². The number of rotatable bonds is 9. The van der Waals surface area contributed by atoms with Gasteiger partial charge in [0.25, 0.3) is 0 Å². The zero-order chi connectivity index (χ0) is 14.1. The second-order valence-corrected chi connectivity index (χ2v) is 5.15. The minimum Gasteiger partial charge on any atom is -0.490 e. The van der Waals surface area contributed by atoms with E-state index in [1.54, 1.807) is 12.1 Å². The number of ether oxygens (including phenoxy) is 1. The lowest BCUT2D eigenvalue weighted by Gasteiger charge is -2.13. The van der Waals surface area contributed by atoms with Gasteiger partial charge in [0.1, 0.15) is 0 Å². The van der Waals surface area contributed by atoms with Crippen LogP contribution < -0.4 is 10.1 Å². The number of benzene rings is 1. The fraction of sp³-hybridized carbons (Fsp3) is 0.625. The molecular formula is C16H26FNO. The molecule has 0 spiro atoms. The fourth-order valence-corrected chi connectivity index (χ4v) is 1.99. The predicted molar refractivity (Wildman–Crippen MR) is 78.0 cm³/mol. The van der Waals surface area contributed by atoms with E-state index in [-0.39, 0.29) is 5.82 Å². The third-order valence-corrected chi connectivity index (χ3v) is 3.06. The van der Waals surface area contributed by atoms with E-state index in [9.17, 15) is 4.39 Å². The fourth-order valence-electron chi connectivity index (χ4n) is 1.99. The van der Waals surface area contributed by atoms with E-state index in [2.05, 4.69) is 26.1 Å². The molecule has 3 heteroatoms. The Labute approximate surface area is 116 Å². The molecule has 108 valence electrons. The van der Waals surface area contributed by atoms with Crippen LogP contribution in [-0.2, 0) is 6.54 Å². The lowest BCUT2D eigenvalue weighted by atomic mass is 10.1. The standard InChI is InChI=1S/C16H26FNO/c1-4-6-13(3)12-19-16-8-7-14(10-15(16)17)11-18-9-5-2/h7-8,10,13,18H,4-6,9,11-12H2,1-3H3. The van der Waals surface area contributed by atoms with Crippen LogP contribution in [0.25, 0.3) is 0 Å². The molecule has 0 heterocycles. The Morgan fingerprint density at radius 3 is 2.68 bits per heavy atom. The molecule has 0 fully saturated rings. The Bertz CT molecular complexity index is 368. The van der Waals surface area contributed by atoms with Crippen molar-refractivity contribution in [1.29, 1.82) is 0 Å². The third-order valence-electron chi connectivity index (χ3n) is 3.06. The van der Waals surface area contributed by atoms with Crippen molar-refractivity contribution in [2.24, 2.45) is 5.92 Å². The third kappa shape index (κ3) is 6.06. The lowest BCUT2D eigenvalue weighted by molar-refractivity contribution is 0.241. The normalized spacial score (nSPS) is 12.4. The van der Waals surface area contributed by atoms with Crippen LogP contribution >= 0.6 is 0 Å². The maximum absolute atomic E-state index is 13.8. The number of hydrogen-bond donors (Lipinski definition) is 1. The lowest BCUT2D eigenvalue weighted by Crippen LogP contribution is -2.14. The molecule has 19 heavy (non-hydrogen) atoms. The highest BCUT2D eigenvalue weighted by Crippen LogP contribution is 2.19. The number of nitrogens with one attached hydrogen (secondary N) is 1. The Morgan fingerprint density at radius 1 is 1.26 bits per heavy atom. The first-order valence-corrected chi connectivity index (χ1v) is 7.29. The molecule has 1 unspecified atom stereocenters. The molecular weight excluding hydrogens is 241 g/mol. The second-order valence-electron chi connectivity index (χ2n) is 5.15. The van der Waals surface area contributed by atoms with Crippen molar-refractivity contribution < 1.29 is 9.13 Å². The highest BCUT2D eigenvalue weighted by Gasteiger charge is 2.07. The topological polar surface area (TPSA) is 21.3 Å². The average Bonchev–Trinajstić information content (AvgIpc) is 2.38. The summed E-state index contributed by atoms with van der Waals surface area (Å²) in [6.45, 7) is 8.63. The molecule has 1 aromatic rings.